The molecule has 2 aromatic heterocycles. The van der Waals surface area contributed by atoms with Gasteiger partial charge in [0.2, 0.25) is 0 Å². The van der Waals surface area contributed by atoms with Crippen molar-refractivity contribution in [3.63, 3.8) is 0 Å². The topological polar surface area (TPSA) is 63.6 Å². The quantitative estimate of drug-likeness (QED) is 0.936. The number of rotatable bonds is 4. The first-order valence-electron chi connectivity index (χ1n) is 5.57. The van der Waals surface area contributed by atoms with Gasteiger partial charge in [-0.15, -0.1) is 5.10 Å². The molecule has 0 aliphatic carbocycles. The number of nitrogens with one attached hydrogen (secondary N) is 1. The SMILES string of the molecule is CCCn1c(Sc2ncc(C)cc2Br)n[nH]c1=O. The van der Waals surface area contributed by atoms with Crippen LogP contribution in [0.25, 0.3) is 0 Å². The average molecular weight is 329 g/mol. The monoisotopic (exact) mass is 328 g/mol. The summed E-state index contributed by atoms with van der Waals surface area (Å²) in [4.78, 5) is 15.9. The van der Waals surface area contributed by atoms with Crippen molar-refractivity contribution in [3.05, 3.63) is 32.8 Å². The van der Waals surface area contributed by atoms with Gasteiger partial charge in [0.1, 0.15) is 5.03 Å². The molecule has 96 valence electrons. The Hall–Kier alpha value is -1.08. The van der Waals surface area contributed by atoms with Crippen LogP contribution in [0.1, 0.15) is 18.9 Å². The van der Waals surface area contributed by atoms with Gasteiger partial charge in [0.05, 0.1) is 4.47 Å². The molecule has 18 heavy (non-hydrogen) atoms. The van der Waals surface area contributed by atoms with Crippen molar-refractivity contribution in [2.24, 2.45) is 0 Å². The highest BCUT2D eigenvalue weighted by Crippen LogP contribution is 2.30. The van der Waals surface area contributed by atoms with Crippen LogP contribution in [0.2, 0.25) is 0 Å². The van der Waals surface area contributed by atoms with Crippen LogP contribution in [0.15, 0.2) is 31.7 Å². The minimum Gasteiger partial charge on any atom is -0.270 e. The largest absolute Gasteiger partial charge is 0.343 e. The van der Waals surface area contributed by atoms with E-state index < -0.39 is 0 Å². The Morgan fingerprint density at radius 3 is 3.00 bits per heavy atom. The molecule has 0 bridgehead atoms. The molecule has 0 spiro atoms. The number of pyridine rings is 1. The van der Waals surface area contributed by atoms with Crippen LogP contribution in [0.3, 0.4) is 0 Å². The normalized spacial score (nSPS) is 10.8. The molecule has 2 heterocycles. The van der Waals surface area contributed by atoms with Gasteiger partial charge in [-0.1, -0.05) is 6.92 Å². The molecule has 0 aliphatic rings. The minimum atomic E-state index is -0.178. The summed E-state index contributed by atoms with van der Waals surface area (Å²) in [5, 5.41) is 7.93. The Morgan fingerprint density at radius 1 is 1.56 bits per heavy atom. The van der Waals surface area contributed by atoms with Crippen molar-refractivity contribution in [3.8, 4) is 0 Å². The summed E-state index contributed by atoms with van der Waals surface area (Å²) in [6, 6.07) is 1.99. The molecule has 0 unspecified atom stereocenters. The fourth-order valence-electron chi connectivity index (χ4n) is 1.48. The lowest BCUT2D eigenvalue weighted by Crippen LogP contribution is -2.17. The van der Waals surface area contributed by atoms with E-state index in [1.54, 1.807) is 10.8 Å². The Morgan fingerprint density at radius 2 is 2.33 bits per heavy atom. The number of hydrogen-bond donors (Lipinski definition) is 1. The van der Waals surface area contributed by atoms with Crippen LogP contribution >= 0.6 is 27.7 Å². The molecule has 2 rings (SSSR count). The second-order valence-corrected chi connectivity index (χ2v) is 5.67. The van der Waals surface area contributed by atoms with Crippen molar-refractivity contribution in [1.82, 2.24) is 19.7 Å². The molecular formula is C11H13BrN4OS. The highest BCUT2D eigenvalue weighted by atomic mass is 79.9. The maximum absolute atomic E-state index is 11.6. The first-order chi connectivity index (χ1) is 8.61. The number of aromatic nitrogens is 4. The zero-order valence-electron chi connectivity index (χ0n) is 10.1. The molecule has 7 heteroatoms. The molecule has 0 amide bonds. The highest BCUT2D eigenvalue weighted by Gasteiger charge is 2.12. The van der Waals surface area contributed by atoms with Crippen LogP contribution in [-0.2, 0) is 6.54 Å². The standard InChI is InChI=1S/C11H13BrN4OS/c1-3-4-16-10(17)14-15-11(16)18-9-8(12)5-7(2)6-13-9/h5-6H,3-4H2,1-2H3,(H,14,17). The van der Waals surface area contributed by atoms with Gasteiger partial charge in [0.15, 0.2) is 5.16 Å². The van der Waals surface area contributed by atoms with E-state index in [0.29, 0.717) is 11.7 Å². The lowest BCUT2D eigenvalue weighted by Gasteiger charge is -2.05. The molecule has 0 saturated heterocycles. The number of nitrogens with zero attached hydrogens (tertiary/aromatic N) is 3. The maximum Gasteiger partial charge on any atom is 0.343 e. The molecule has 0 aromatic carbocycles. The van der Waals surface area contributed by atoms with E-state index >= 15 is 0 Å². The Bertz CT molecular complexity index is 607. The average Bonchev–Trinajstić information content (AvgIpc) is 2.66. The van der Waals surface area contributed by atoms with Crippen LogP contribution in [0.5, 0.6) is 0 Å². The Labute approximate surface area is 117 Å². The van der Waals surface area contributed by atoms with Gasteiger partial charge in [-0.25, -0.2) is 14.9 Å². The molecular weight excluding hydrogens is 316 g/mol. The van der Waals surface area contributed by atoms with Crippen molar-refractivity contribution < 1.29 is 0 Å². The van der Waals surface area contributed by atoms with E-state index in [0.717, 1.165) is 21.5 Å². The minimum absolute atomic E-state index is 0.178. The lowest BCUT2D eigenvalue weighted by atomic mass is 10.3. The van der Waals surface area contributed by atoms with Gasteiger partial charge in [-0.2, -0.15) is 0 Å². The summed E-state index contributed by atoms with van der Waals surface area (Å²) in [6.45, 7) is 4.66. The first-order valence-corrected chi connectivity index (χ1v) is 7.18. The lowest BCUT2D eigenvalue weighted by molar-refractivity contribution is 0.603. The summed E-state index contributed by atoms with van der Waals surface area (Å²) in [6.07, 6.45) is 2.68. The van der Waals surface area contributed by atoms with Crippen molar-refractivity contribution in [2.45, 2.75) is 37.0 Å². The maximum atomic E-state index is 11.6. The van der Waals surface area contributed by atoms with E-state index in [1.165, 1.54) is 11.8 Å². The summed E-state index contributed by atoms with van der Waals surface area (Å²) in [5.41, 5.74) is 0.904. The van der Waals surface area contributed by atoms with Crippen LogP contribution < -0.4 is 5.69 Å². The third-order valence-corrected chi connectivity index (χ3v) is 4.18. The Balaban J connectivity index is 2.31. The number of H-pyrrole nitrogens is 1. The Kier molecular flexibility index (Phi) is 4.23. The second kappa shape index (κ2) is 5.71. The van der Waals surface area contributed by atoms with Gasteiger partial charge in [0.25, 0.3) is 0 Å². The summed E-state index contributed by atoms with van der Waals surface area (Å²) >= 11 is 4.84. The van der Waals surface area contributed by atoms with Crippen LogP contribution in [-0.4, -0.2) is 19.7 Å². The van der Waals surface area contributed by atoms with Crippen LogP contribution in [0, 0.1) is 6.92 Å². The van der Waals surface area contributed by atoms with E-state index in [-0.39, 0.29) is 5.69 Å². The van der Waals surface area contributed by atoms with Crippen molar-refractivity contribution >= 4 is 27.7 Å². The predicted molar refractivity (Wildman–Crippen MR) is 73.9 cm³/mol. The molecule has 2 aromatic rings. The molecule has 0 atom stereocenters. The third kappa shape index (κ3) is 2.84. The second-order valence-electron chi connectivity index (χ2n) is 3.86. The smallest absolute Gasteiger partial charge is 0.270 e. The van der Waals surface area contributed by atoms with E-state index in [4.69, 9.17) is 0 Å². The van der Waals surface area contributed by atoms with E-state index in [1.807, 2.05) is 19.9 Å². The number of halogens is 1. The fraction of sp³-hybridized carbons (Fsp3) is 0.364. The number of aryl methyl sites for hydroxylation is 1. The van der Waals surface area contributed by atoms with Gasteiger partial charge in [0, 0.05) is 12.7 Å². The summed E-state index contributed by atoms with van der Waals surface area (Å²) in [7, 11) is 0. The van der Waals surface area contributed by atoms with Crippen molar-refractivity contribution in [2.75, 3.05) is 0 Å². The summed E-state index contributed by atoms with van der Waals surface area (Å²) < 4.78 is 2.53. The first kappa shape index (κ1) is 13.4. The van der Waals surface area contributed by atoms with E-state index in [2.05, 4.69) is 31.1 Å². The number of aromatic amines is 1. The zero-order chi connectivity index (χ0) is 13.1. The molecule has 0 fully saturated rings. The molecule has 0 aliphatic heterocycles. The summed E-state index contributed by atoms with van der Waals surface area (Å²) in [5.74, 6) is 0. The van der Waals surface area contributed by atoms with E-state index in [9.17, 15) is 4.79 Å². The molecule has 1 N–H and O–H groups in total. The third-order valence-electron chi connectivity index (χ3n) is 2.30. The molecule has 5 nitrogen and oxygen atoms in total. The van der Waals surface area contributed by atoms with Gasteiger partial charge in [-0.3, -0.25) is 4.57 Å². The van der Waals surface area contributed by atoms with Gasteiger partial charge in [-0.05, 0) is 52.7 Å². The fourth-order valence-corrected chi connectivity index (χ4v) is 3.00. The predicted octanol–water partition coefficient (Wildman–Crippen LogP) is 2.60. The zero-order valence-corrected chi connectivity index (χ0v) is 12.5. The molecule has 0 saturated carbocycles. The highest BCUT2D eigenvalue weighted by molar-refractivity contribution is 9.10. The molecule has 0 radical (unpaired) electrons. The van der Waals surface area contributed by atoms with Crippen LogP contribution in [0.4, 0.5) is 0 Å². The van der Waals surface area contributed by atoms with Gasteiger partial charge >= 0.3 is 5.69 Å². The van der Waals surface area contributed by atoms with Gasteiger partial charge < -0.3 is 0 Å². The number of hydrogen-bond acceptors (Lipinski definition) is 4. The van der Waals surface area contributed by atoms with Crippen molar-refractivity contribution in [1.29, 1.82) is 0 Å².